The Morgan fingerprint density at radius 2 is 1.65 bits per heavy atom. The van der Waals surface area contributed by atoms with Crippen LogP contribution in [0.2, 0.25) is 0 Å². The number of hydrogen-bond donors (Lipinski definition) is 2. The maximum absolute atomic E-state index is 12.9. The Hall–Kier alpha value is -4.02. The van der Waals surface area contributed by atoms with E-state index < -0.39 is 17.8 Å². The van der Waals surface area contributed by atoms with Crippen LogP contribution in [0.25, 0.3) is 0 Å². The predicted molar refractivity (Wildman–Crippen MR) is 128 cm³/mol. The van der Waals surface area contributed by atoms with E-state index in [1.807, 2.05) is 12.3 Å². The lowest BCUT2D eigenvalue weighted by atomic mass is 10.2. The number of amides is 3. The van der Waals surface area contributed by atoms with Crippen LogP contribution in [0.3, 0.4) is 0 Å². The summed E-state index contributed by atoms with van der Waals surface area (Å²) in [5, 5.41) is 7.61. The monoisotopic (exact) mass is 496 g/mol. The van der Waals surface area contributed by atoms with Gasteiger partial charge in [0.25, 0.3) is 17.7 Å². The van der Waals surface area contributed by atoms with E-state index in [0.717, 1.165) is 10.6 Å². The van der Waals surface area contributed by atoms with Gasteiger partial charge in [-0.1, -0.05) is 11.6 Å². The Kier molecular flexibility index (Phi) is 6.44. The van der Waals surface area contributed by atoms with Crippen LogP contribution in [0.5, 0.6) is 0 Å². The molecule has 0 saturated heterocycles. The van der Waals surface area contributed by atoms with Gasteiger partial charge in [-0.15, -0.1) is 11.3 Å². The molecular weight excluding hydrogens is 480 g/mol. The molecular formula is C23H17ClN4O5S. The van der Waals surface area contributed by atoms with Crippen molar-refractivity contribution in [3.05, 3.63) is 81.5 Å². The zero-order valence-electron chi connectivity index (χ0n) is 17.9. The number of rotatable bonds is 6. The lowest BCUT2D eigenvalue weighted by Gasteiger charge is -2.15. The second kappa shape index (κ2) is 9.46. The van der Waals surface area contributed by atoms with Crippen LogP contribution in [-0.2, 0) is 14.3 Å². The van der Waals surface area contributed by atoms with Gasteiger partial charge >= 0.3 is 5.97 Å². The Morgan fingerprint density at radius 1 is 1.00 bits per heavy atom. The number of imide groups is 1. The van der Waals surface area contributed by atoms with Crippen molar-refractivity contribution in [3.8, 4) is 0 Å². The molecule has 2 N–H and O–H groups in total. The molecule has 1 aliphatic rings. The first kappa shape index (κ1) is 23.1. The summed E-state index contributed by atoms with van der Waals surface area (Å²) in [5.74, 6) is -2.22. The maximum atomic E-state index is 12.9. The third-order valence-electron chi connectivity index (χ3n) is 4.83. The van der Waals surface area contributed by atoms with Crippen LogP contribution in [-0.4, -0.2) is 35.8 Å². The van der Waals surface area contributed by atoms with Gasteiger partial charge in [0.2, 0.25) is 0 Å². The Balaban J connectivity index is 1.47. The SMILES string of the molecule is COC(=O)c1ccc(N2C(=O)C(Cl)=C(Nc3ccc(C(=O)Nc4nc(C)cs4)cc3)C2=O)cc1. The van der Waals surface area contributed by atoms with E-state index in [9.17, 15) is 19.2 Å². The molecule has 172 valence electrons. The van der Waals surface area contributed by atoms with Gasteiger partial charge in [-0.05, 0) is 55.5 Å². The molecule has 9 nitrogen and oxygen atoms in total. The number of anilines is 3. The molecule has 0 radical (unpaired) electrons. The minimum atomic E-state index is -0.699. The van der Waals surface area contributed by atoms with E-state index in [0.29, 0.717) is 16.4 Å². The Morgan fingerprint density at radius 3 is 2.24 bits per heavy atom. The van der Waals surface area contributed by atoms with Gasteiger partial charge in [0, 0.05) is 16.6 Å². The van der Waals surface area contributed by atoms with Crippen molar-refractivity contribution in [2.24, 2.45) is 0 Å². The molecule has 4 rings (SSSR count). The maximum Gasteiger partial charge on any atom is 0.337 e. The number of aromatic nitrogens is 1. The smallest absolute Gasteiger partial charge is 0.337 e. The number of esters is 1. The number of methoxy groups -OCH3 is 1. The number of halogens is 1. The summed E-state index contributed by atoms with van der Waals surface area (Å²) >= 11 is 7.48. The first-order valence-corrected chi connectivity index (χ1v) is 11.1. The van der Waals surface area contributed by atoms with E-state index in [-0.39, 0.29) is 27.9 Å². The molecule has 0 aliphatic carbocycles. The fraction of sp³-hybridized carbons (Fsp3) is 0.0870. The van der Waals surface area contributed by atoms with Gasteiger partial charge < -0.3 is 10.1 Å². The second-order valence-electron chi connectivity index (χ2n) is 7.12. The van der Waals surface area contributed by atoms with Gasteiger partial charge in [0.15, 0.2) is 5.13 Å². The summed E-state index contributed by atoms with van der Waals surface area (Å²) in [6, 6.07) is 12.1. The summed E-state index contributed by atoms with van der Waals surface area (Å²) in [4.78, 5) is 54.6. The lowest BCUT2D eigenvalue weighted by Crippen LogP contribution is -2.32. The molecule has 2 aromatic carbocycles. The van der Waals surface area contributed by atoms with Crippen LogP contribution in [0.15, 0.2) is 64.6 Å². The molecule has 2 heterocycles. The standard InChI is InChI=1S/C23H17ClN4O5S/c1-12-11-34-23(25-12)27-19(29)13-3-7-15(8-4-13)26-18-17(24)20(30)28(21(18)31)16-9-5-14(6-10-16)22(32)33-2/h3-11,26H,1-2H3,(H,25,27,29). The molecule has 1 aromatic heterocycles. The van der Waals surface area contributed by atoms with Crippen molar-refractivity contribution < 1.29 is 23.9 Å². The zero-order chi connectivity index (χ0) is 24.4. The van der Waals surface area contributed by atoms with Gasteiger partial charge in [0.05, 0.1) is 24.1 Å². The van der Waals surface area contributed by atoms with Crippen molar-refractivity contribution in [1.82, 2.24) is 4.98 Å². The first-order chi connectivity index (χ1) is 16.3. The van der Waals surface area contributed by atoms with E-state index in [4.69, 9.17) is 11.6 Å². The molecule has 0 unspecified atom stereocenters. The van der Waals surface area contributed by atoms with E-state index >= 15 is 0 Å². The highest BCUT2D eigenvalue weighted by atomic mass is 35.5. The molecule has 1 aliphatic heterocycles. The van der Waals surface area contributed by atoms with E-state index in [1.54, 1.807) is 24.3 Å². The molecule has 0 saturated carbocycles. The van der Waals surface area contributed by atoms with Gasteiger partial charge in [-0.3, -0.25) is 19.7 Å². The zero-order valence-corrected chi connectivity index (χ0v) is 19.5. The van der Waals surface area contributed by atoms with Gasteiger partial charge in [0.1, 0.15) is 10.7 Å². The highest BCUT2D eigenvalue weighted by Crippen LogP contribution is 2.30. The Labute approximate surface area is 203 Å². The molecule has 11 heteroatoms. The number of benzene rings is 2. The van der Waals surface area contributed by atoms with Crippen molar-refractivity contribution >= 4 is 63.1 Å². The molecule has 3 amide bonds. The average molecular weight is 497 g/mol. The minimum Gasteiger partial charge on any atom is -0.465 e. The van der Waals surface area contributed by atoms with Crippen molar-refractivity contribution in [1.29, 1.82) is 0 Å². The molecule has 34 heavy (non-hydrogen) atoms. The quantitative estimate of drug-likeness (QED) is 0.392. The normalized spacial score (nSPS) is 13.3. The summed E-state index contributed by atoms with van der Waals surface area (Å²) in [6.07, 6.45) is 0. The number of thiazole rings is 1. The van der Waals surface area contributed by atoms with Crippen molar-refractivity contribution in [3.63, 3.8) is 0 Å². The number of nitrogens with zero attached hydrogens (tertiary/aromatic N) is 2. The summed E-state index contributed by atoms with van der Waals surface area (Å²) in [6.45, 7) is 1.83. The minimum absolute atomic E-state index is 0.0980. The summed E-state index contributed by atoms with van der Waals surface area (Å²) < 4.78 is 4.64. The topological polar surface area (TPSA) is 118 Å². The number of nitrogens with one attached hydrogen (secondary N) is 2. The van der Waals surface area contributed by atoms with Crippen LogP contribution in [0.4, 0.5) is 16.5 Å². The van der Waals surface area contributed by atoms with E-state index in [1.165, 1.54) is 42.7 Å². The second-order valence-corrected chi connectivity index (χ2v) is 8.36. The fourth-order valence-corrected chi connectivity index (χ4v) is 4.04. The molecule has 0 fully saturated rings. The van der Waals surface area contributed by atoms with Gasteiger partial charge in [-0.25, -0.2) is 14.7 Å². The highest BCUT2D eigenvalue weighted by Gasteiger charge is 2.39. The van der Waals surface area contributed by atoms with Crippen molar-refractivity contribution in [2.45, 2.75) is 6.92 Å². The number of ether oxygens (including phenoxy) is 1. The third-order valence-corrected chi connectivity index (χ3v) is 6.06. The van der Waals surface area contributed by atoms with E-state index in [2.05, 4.69) is 20.4 Å². The Bertz CT molecular complexity index is 1330. The number of carbonyl (C=O) groups excluding carboxylic acids is 4. The van der Waals surface area contributed by atoms with Crippen LogP contribution < -0.4 is 15.5 Å². The molecule has 0 atom stereocenters. The largest absolute Gasteiger partial charge is 0.465 e. The number of aryl methyl sites for hydroxylation is 1. The predicted octanol–water partition coefficient (Wildman–Crippen LogP) is 3.93. The lowest BCUT2D eigenvalue weighted by molar-refractivity contribution is -0.120. The number of hydrogen-bond acceptors (Lipinski definition) is 8. The molecule has 0 spiro atoms. The average Bonchev–Trinajstić information content (AvgIpc) is 3.34. The fourth-order valence-electron chi connectivity index (χ4n) is 3.14. The van der Waals surface area contributed by atoms with Crippen LogP contribution in [0, 0.1) is 6.92 Å². The van der Waals surface area contributed by atoms with Crippen molar-refractivity contribution in [2.75, 3.05) is 22.6 Å². The molecule has 0 bridgehead atoms. The van der Waals surface area contributed by atoms with Crippen LogP contribution >= 0.6 is 22.9 Å². The van der Waals surface area contributed by atoms with Gasteiger partial charge in [-0.2, -0.15) is 0 Å². The first-order valence-electron chi connectivity index (χ1n) is 9.86. The molecule has 3 aromatic rings. The third kappa shape index (κ3) is 4.54. The van der Waals surface area contributed by atoms with Crippen LogP contribution in [0.1, 0.15) is 26.4 Å². The highest BCUT2D eigenvalue weighted by molar-refractivity contribution is 7.13. The summed E-state index contributed by atoms with van der Waals surface area (Å²) in [5.41, 5.74) is 2.09. The summed E-state index contributed by atoms with van der Waals surface area (Å²) in [7, 11) is 1.26. The number of carbonyl (C=O) groups is 4.